The van der Waals surface area contributed by atoms with Gasteiger partial charge >= 0.3 is 5.97 Å². The Bertz CT molecular complexity index is 1530. The van der Waals surface area contributed by atoms with E-state index in [4.69, 9.17) is 13.8 Å². The van der Waals surface area contributed by atoms with Gasteiger partial charge < -0.3 is 28.5 Å². The molecular weight excluding hydrogens is 928 g/mol. The first-order valence-electron chi connectivity index (χ1n) is 29.9. The summed E-state index contributed by atoms with van der Waals surface area (Å²) in [5, 5.41) is 2.97. The van der Waals surface area contributed by atoms with Crippen molar-refractivity contribution in [1.82, 2.24) is 5.32 Å². The molecule has 0 aromatic heterocycles. The molecule has 0 bridgehead atoms. The van der Waals surface area contributed by atoms with Crippen LogP contribution in [0.5, 0.6) is 0 Å². The van der Waals surface area contributed by atoms with Gasteiger partial charge in [0.15, 0.2) is 0 Å². The van der Waals surface area contributed by atoms with Gasteiger partial charge in [0.25, 0.3) is 7.82 Å². The summed E-state index contributed by atoms with van der Waals surface area (Å²) >= 11 is 0. The molecule has 0 radical (unpaired) electrons. The van der Waals surface area contributed by atoms with Gasteiger partial charge in [-0.3, -0.25) is 14.2 Å². The maximum absolute atomic E-state index is 13.5. The zero-order valence-corrected chi connectivity index (χ0v) is 49.0. The van der Waals surface area contributed by atoms with Crippen molar-refractivity contribution in [3.8, 4) is 0 Å². The lowest BCUT2D eigenvalue weighted by Crippen LogP contribution is -2.47. The third-order valence-corrected chi connectivity index (χ3v) is 13.8. The number of rotatable bonds is 53. The molecule has 0 fully saturated rings. The SMILES string of the molecule is CC/C=C/C/C=C/C/C=C/C/C=C/C/C=C/CCC(=O)NC(COP(=O)([O-])OCC[N+](C)(C)C)C(/C=C/CCCCCCCCCCCC)OC(=O)CCCCCCCCCCC/C=C/CCCCCCCC. The summed E-state index contributed by atoms with van der Waals surface area (Å²) in [7, 11) is 1.13. The summed E-state index contributed by atoms with van der Waals surface area (Å²) in [5.41, 5.74) is 0. The predicted molar refractivity (Wildman–Crippen MR) is 311 cm³/mol. The number of nitrogens with zero attached hydrogens (tertiary/aromatic N) is 1. The number of ether oxygens (including phenoxy) is 1. The highest BCUT2D eigenvalue weighted by Crippen LogP contribution is 2.38. The van der Waals surface area contributed by atoms with E-state index in [0.717, 1.165) is 77.0 Å². The highest BCUT2D eigenvalue weighted by Gasteiger charge is 2.27. The van der Waals surface area contributed by atoms with E-state index in [0.29, 0.717) is 17.4 Å². The van der Waals surface area contributed by atoms with Crippen LogP contribution in [0.25, 0.3) is 0 Å². The molecule has 0 aliphatic rings. The number of likely N-dealkylation sites (N-methyl/N-ethyl adjacent to an activating group) is 1. The van der Waals surface area contributed by atoms with Gasteiger partial charge in [0.1, 0.15) is 19.3 Å². The van der Waals surface area contributed by atoms with Gasteiger partial charge in [-0.25, -0.2) is 0 Å². The Balaban J connectivity index is 5.39. The molecule has 3 unspecified atom stereocenters. The lowest BCUT2D eigenvalue weighted by atomic mass is 10.0. The maximum atomic E-state index is 13.5. The quantitative estimate of drug-likeness (QED) is 0.0212. The summed E-state index contributed by atoms with van der Waals surface area (Å²) in [5.74, 6) is -0.641. The average molecular weight is 1040 g/mol. The van der Waals surface area contributed by atoms with Crippen molar-refractivity contribution in [3.05, 3.63) is 85.1 Å². The molecule has 1 amide bonds. The van der Waals surface area contributed by atoms with Gasteiger partial charge in [-0.15, -0.1) is 0 Å². The van der Waals surface area contributed by atoms with Crippen LogP contribution in [0, 0.1) is 0 Å². The Kier molecular flexibility index (Phi) is 50.6. The Labute approximate surface area is 450 Å². The second-order valence-electron chi connectivity index (χ2n) is 21.1. The molecule has 0 saturated heterocycles. The normalized spacial score (nSPS) is 14.3. The molecule has 0 saturated carbocycles. The fraction of sp³-hybridized carbons (Fsp3) is 0.746. The first-order valence-corrected chi connectivity index (χ1v) is 31.4. The van der Waals surface area contributed by atoms with Crippen LogP contribution in [0.15, 0.2) is 85.1 Å². The Hall–Kier alpha value is -2.81. The van der Waals surface area contributed by atoms with Gasteiger partial charge in [-0.1, -0.05) is 235 Å². The van der Waals surface area contributed by atoms with Crippen molar-refractivity contribution in [1.29, 1.82) is 0 Å². The third-order valence-electron chi connectivity index (χ3n) is 12.8. The van der Waals surface area contributed by atoms with Crippen LogP contribution in [0.2, 0.25) is 0 Å². The minimum Gasteiger partial charge on any atom is -0.756 e. The monoisotopic (exact) mass is 1040 g/mol. The molecule has 3 atom stereocenters. The minimum absolute atomic E-state index is 0.0387. The fourth-order valence-electron chi connectivity index (χ4n) is 8.21. The first kappa shape index (κ1) is 70.2. The molecule has 10 heteroatoms. The summed E-state index contributed by atoms with van der Waals surface area (Å²) in [6, 6.07) is -0.931. The predicted octanol–water partition coefficient (Wildman–Crippen LogP) is 17.6. The van der Waals surface area contributed by atoms with E-state index in [1.165, 1.54) is 135 Å². The molecule has 0 heterocycles. The fourth-order valence-corrected chi connectivity index (χ4v) is 8.93. The number of esters is 1. The molecule has 0 aliphatic heterocycles. The topological polar surface area (TPSA) is 114 Å². The van der Waals surface area contributed by atoms with Gasteiger partial charge in [0.2, 0.25) is 5.91 Å². The van der Waals surface area contributed by atoms with E-state index in [1.807, 2.05) is 45.4 Å². The number of unbranched alkanes of at least 4 members (excludes halogenated alkanes) is 25. The largest absolute Gasteiger partial charge is 0.756 e. The number of allylic oxidation sites excluding steroid dienone is 13. The van der Waals surface area contributed by atoms with Gasteiger partial charge in [-0.05, 0) is 89.5 Å². The number of nitrogens with one attached hydrogen (secondary N) is 1. The second kappa shape index (κ2) is 52.6. The highest BCUT2D eigenvalue weighted by molar-refractivity contribution is 7.45. The lowest BCUT2D eigenvalue weighted by Gasteiger charge is -2.30. The minimum atomic E-state index is -4.72. The number of amides is 1. The van der Waals surface area contributed by atoms with Crippen LogP contribution >= 0.6 is 7.82 Å². The number of quaternary nitrogens is 1. The van der Waals surface area contributed by atoms with Crippen LogP contribution in [0.1, 0.15) is 252 Å². The van der Waals surface area contributed by atoms with Crippen molar-refractivity contribution < 1.29 is 37.3 Å². The zero-order chi connectivity index (χ0) is 53.6. The number of carbonyl (C=O) groups is 2. The van der Waals surface area contributed by atoms with Gasteiger partial charge in [0, 0.05) is 12.8 Å². The molecular formula is C63H113N2O7P. The van der Waals surface area contributed by atoms with Gasteiger partial charge in [0.05, 0.1) is 33.8 Å². The molecule has 0 aliphatic carbocycles. The van der Waals surface area contributed by atoms with E-state index >= 15 is 0 Å². The summed E-state index contributed by atoms with van der Waals surface area (Å²) in [6.45, 7) is 6.66. The molecule has 0 spiro atoms. The molecule has 0 aromatic rings. The summed E-state index contributed by atoms with van der Waals surface area (Å²) in [6.07, 6.45) is 68.5. The number of carbonyl (C=O) groups excluding carboxylic acids is 2. The van der Waals surface area contributed by atoms with E-state index in [2.05, 4.69) is 86.8 Å². The van der Waals surface area contributed by atoms with E-state index in [1.54, 1.807) is 0 Å². The molecule has 1 N–H and O–H groups in total. The molecule has 0 rings (SSSR count). The van der Waals surface area contributed by atoms with Gasteiger partial charge in [-0.2, -0.15) is 0 Å². The highest BCUT2D eigenvalue weighted by atomic mass is 31.2. The number of phosphoric ester groups is 1. The molecule has 9 nitrogen and oxygen atoms in total. The number of hydrogen-bond acceptors (Lipinski definition) is 7. The molecule has 73 heavy (non-hydrogen) atoms. The zero-order valence-electron chi connectivity index (χ0n) is 48.1. The third kappa shape index (κ3) is 53.8. The Morgan fingerprint density at radius 3 is 1.34 bits per heavy atom. The number of hydrogen-bond donors (Lipinski definition) is 1. The first-order chi connectivity index (χ1) is 35.4. The van der Waals surface area contributed by atoms with Crippen molar-refractivity contribution in [2.75, 3.05) is 40.9 Å². The second-order valence-corrected chi connectivity index (χ2v) is 22.5. The smallest absolute Gasteiger partial charge is 0.306 e. The van der Waals surface area contributed by atoms with Crippen molar-refractivity contribution in [2.24, 2.45) is 0 Å². The van der Waals surface area contributed by atoms with Crippen LogP contribution < -0.4 is 10.2 Å². The van der Waals surface area contributed by atoms with E-state index in [9.17, 15) is 19.0 Å². The van der Waals surface area contributed by atoms with Crippen LogP contribution in [0.3, 0.4) is 0 Å². The number of phosphoric acid groups is 1. The average Bonchev–Trinajstić information content (AvgIpc) is 3.35. The molecule has 0 aromatic carbocycles. The summed E-state index contributed by atoms with van der Waals surface area (Å²) < 4.78 is 30.2. The van der Waals surface area contributed by atoms with Crippen LogP contribution in [-0.2, 0) is 27.9 Å². The van der Waals surface area contributed by atoms with Crippen molar-refractivity contribution in [2.45, 2.75) is 264 Å². The maximum Gasteiger partial charge on any atom is 0.306 e. The van der Waals surface area contributed by atoms with Crippen molar-refractivity contribution in [3.63, 3.8) is 0 Å². The standard InChI is InChI=1S/C63H113N2O7P/c1-7-10-13-16-19-22-25-28-30-32-33-34-36-38-41-44-47-50-53-56-63(67)72-61(54-51-48-45-42-39-27-24-21-18-15-12-9-3)60(59-71-73(68,69)70-58-57-65(4,5)6)64-62(66)55-52-49-46-43-40-37-35-31-29-26-23-20-17-14-11-8-2/h11,14,20,23,28-31,37,40,46,49,51,54,60-61H,7-10,12-13,15-19,21-22,24-27,32-36,38-39,41-45,47-48,50,52-53,55-59H2,1-6H3,(H-,64,66,68,69)/b14-11+,23-20+,30-28+,31-29+,40-37+,49-46+,54-51+. The van der Waals surface area contributed by atoms with E-state index in [-0.39, 0.29) is 31.3 Å². The van der Waals surface area contributed by atoms with E-state index < -0.39 is 26.6 Å². The van der Waals surface area contributed by atoms with Crippen LogP contribution in [-0.4, -0.2) is 69.4 Å². The molecule has 422 valence electrons. The summed E-state index contributed by atoms with van der Waals surface area (Å²) in [4.78, 5) is 39.9. The lowest BCUT2D eigenvalue weighted by molar-refractivity contribution is -0.870. The Morgan fingerprint density at radius 1 is 0.493 bits per heavy atom. The van der Waals surface area contributed by atoms with Crippen LogP contribution in [0.4, 0.5) is 0 Å². The Morgan fingerprint density at radius 2 is 0.890 bits per heavy atom. The van der Waals surface area contributed by atoms with Crippen molar-refractivity contribution >= 4 is 19.7 Å².